The van der Waals surface area contributed by atoms with Crippen molar-refractivity contribution < 1.29 is 24.2 Å². The molecule has 49 heavy (non-hydrogen) atoms. The summed E-state index contributed by atoms with van der Waals surface area (Å²) in [6.07, 6.45) is 51.4. The Morgan fingerprint density at radius 2 is 0.878 bits per heavy atom. The van der Waals surface area contributed by atoms with Crippen molar-refractivity contribution in [1.82, 2.24) is 0 Å². The molecule has 282 valence electrons. The Balaban J connectivity index is 3.62. The maximum absolute atomic E-state index is 12.2. The zero-order chi connectivity index (χ0) is 35.7. The monoisotopic (exact) mass is 685 g/mol. The molecule has 0 radical (unpaired) electrons. The minimum absolute atomic E-state index is 0.0833. The Morgan fingerprint density at radius 1 is 0.490 bits per heavy atom. The first-order valence-corrected chi connectivity index (χ1v) is 20.3. The van der Waals surface area contributed by atoms with Gasteiger partial charge in [-0.2, -0.15) is 0 Å². The van der Waals surface area contributed by atoms with E-state index >= 15 is 0 Å². The third-order valence-corrected chi connectivity index (χ3v) is 8.58. The van der Waals surface area contributed by atoms with Crippen molar-refractivity contribution in [1.29, 1.82) is 0 Å². The number of ether oxygens (including phenoxy) is 2. The lowest BCUT2D eigenvalue weighted by Gasteiger charge is -2.15. The molecule has 5 nitrogen and oxygen atoms in total. The predicted molar refractivity (Wildman–Crippen MR) is 210 cm³/mol. The van der Waals surface area contributed by atoms with Crippen LogP contribution in [0.4, 0.5) is 0 Å². The van der Waals surface area contributed by atoms with Crippen LogP contribution < -0.4 is 0 Å². The fraction of sp³-hybridized carbons (Fsp3) is 0.727. The van der Waals surface area contributed by atoms with Gasteiger partial charge in [0.2, 0.25) is 0 Å². The van der Waals surface area contributed by atoms with Crippen LogP contribution >= 0.6 is 0 Å². The van der Waals surface area contributed by atoms with Crippen molar-refractivity contribution in [3.63, 3.8) is 0 Å². The van der Waals surface area contributed by atoms with E-state index in [9.17, 15) is 14.7 Å². The number of hydrogen-bond acceptors (Lipinski definition) is 5. The van der Waals surface area contributed by atoms with Gasteiger partial charge in [-0.25, -0.2) is 0 Å². The molecule has 0 saturated carbocycles. The molecule has 0 saturated heterocycles. The maximum atomic E-state index is 12.2. The van der Waals surface area contributed by atoms with Crippen molar-refractivity contribution >= 4 is 11.9 Å². The van der Waals surface area contributed by atoms with E-state index in [4.69, 9.17) is 9.47 Å². The maximum Gasteiger partial charge on any atom is 0.306 e. The molecular formula is C44H76O5. The topological polar surface area (TPSA) is 72.8 Å². The quantitative estimate of drug-likeness (QED) is 0.0404. The van der Waals surface area contributed by atoms with E-state index in [2.05, 4.69) is 74.6 Å². The first kappa shape index (κ1) is 46.6. The summed E-state index contributed by atoms with van der Waals surface area (Å²) in [4.78, 5) is 24.3. The van der Waals surface area contributed by atoms with Gasteiger partial charge in [0.05, 0.1) is 6.61 Å². The Bertz CT molecular complexity index is 869. The van der Waals surface area contributed by atoms with Crippen molar-refractivity contribution in [2.45, 2.75) is 193 Å². The molecule has 0 heterocycles. The number of rotatable bonds is 36. The van der Waals surface area contributed by atoms with Gasteiger partial charge in [-0.15, -0.1) is 0 Å². The lowest BCUT2D eigenvalue weighted by atomic mass is 10.0. The number of unbranched alkanes of at least 4 members (excludes halogenated alkanes) is 18. The second kappa shape index (κ2) is 40.0. The van der Waals surface area contributed by atoms with E-state index in [1.54, 1.807) is 0 Å². The molecule has 0 aromatic heterocycles. The number of esters is 2. The SMILES string of the molecule is CC/C=C/C/C=C/C/C=C/C/C=C/C/C=C/CCCCCC(=O)OC[C@H](CO)OC(=O)CCCCCCCCCCCCCCCCCC. The first-order chi connectivity index (χ1) is 24.1. The molecule has 0 aromatic carbocycles. The highest BCUT2D eigenvalue weighted by molar-refractivity contribution is 5.70. The Morgan fingerprint density at radius 3 is 1.33 bits per heavy atom. The first-order valence-electron chi connectivity index (χ1n) is 20.3. The van der Waals surface area contributed by atoms with Crippen LogP contribution in [0.25, 0.3) is 0 Å². The van der Waals surface area contributed by atoms with Crippen molar-refractivity contribution in [2.24, 2.45) is 0 Å². The fourth-order valence-corrected chi connectivity index (χ4v) is 5.52. The molecule has 1 atom stereocenters. The second-order valence-corrected chi connectivity index (χ2v) is 13.3. The van der Waals surface area contributed by atoms with Gasteiger partial charge in [0.1, 0.15) is 6.61 Å². The summed E-state index contributed by atoms with van der Waals surface area (Å²) in [5.74, 6) is -0.627. The van der Waals surface area contributed by atoms with Crippen LogP contribution in [0.2, 0.25) is 0 Å². The molecule has 5 heteroatoms. The third kappa shape index (κ3) is 38.3. The van der Waals surface area contributed by atoms with Crippen LogP contribution in [0.3, 0.4) is 0 Å². The van der Waals surface area contributed by atoms with E-state index in [-0.39, 0.29) is 25.2 Å². The smallest absolute Gasteiger partial charge is 0.306 e. The highest BCUT2D eigenvalue weighted by atomic mass is 16.6. The molecule has 0 aromatic rings. The van der Waals surface area contributed by atoms with Crippen LogP contribution in [0.15, 0.2) is 60.8 Å². The highest BCUT2D eigenvalue weighted by Crippen LogP contribution is 2.14. The summed E-state index contributed by atoms with van der Waals surface area (Å²) >= 11 is 0. The number of allylic oxidation sites excluding steroid dienone is 10. The number of carbonyl (C=O) groups is 2. The van der Waals surface area contributed by atoms with Gasteiger partial charge in [0.25, 0.3) is 0 Å². The molecule has 0 bridgehead atoms. The predicted octanol–water partition coefficient (Wildman–Crippen LogP) is 12.8. The van der Waals surface area contributed by atoms with Gasteiger partial charge in [-0.1, -0.05) is 177 Å². The average molecular weight is 685 g/mol. The van der Waals surface area contributed by atoms with E-state index in [0.717, 1.165) is 77.0 Å². The molecule has 0 rings (SSSR count). The minimum atomic E-state index is -0.784. The number of carbonyl (C=O) groups excluding carboxylic acids is 2. The van der Waals surface area contributed by atoms with E-state index < -0.39 is 6.10 Å². The lowest BCUT2D eigenvalue weighted by molar-refractivity contribution is -0.161. The van der Waals surface area contributed by atoms with Crippen LogP contribution in [-0.4, -0.2) is 36.4 Å². The van der Waals surface area contributed by atoms with Crippen LogP contribution in [0.1, 0.15) is 187 Å². The van der Waals surface area contributed by atoms with E-state index in [0.29, 0.717) is 12.8 Å². The van der Waals surface area contributed by atoms with Crippen molar-refractivity contribution in [3.05, 3.63) is 60.8 Å². The van der Waals surface area contributed by atoms with Gasteiger partial charge in [-0.05, 0) is 57.8 Å². The normalized spacial score (nSPS) is 12.8. The van der Waals surface area contributed by atoms with E-state index in [1.807, 2.05) is 0 Å². The molecule has 0 aliphatic carbocycles. The van der Waals surface area contributed by atoms with Gasteiger partial charge < -0.3 is 14.6 Å². The van der Waals surface area contributed by atoms with Crippen molar-refractivity contribution in [2.75, 3.05) is 13.2 Å². The lowest BCUT2D eigenvalue weighted by Crippen LogP contribution is -2.28. The Kier molecular flexibility index (Phi) is 38.1. The van der Waals surface area contributed by atoms with Gasteiger partial charge >= 0.3 is 11.9 Å². The van der Waals surface area contributed by atoms with E-state index in [1.165, 1.54) is 83.5 Å². The molecule has 1 N–H and O–H groups in total. The molecule has 0 aliphatic rings. The summed E-state index contributed by atoms with van der Waals surface area (Å²) in [6.45, 7) is 4.00. The molecule has 0 aliphatic heterocycles. The summed E-state index contributed by atoms with van der Waals surface area (Å²) in [5, 5.41) is 9.56. The standard InChI is InChI=1S/C44H76O5/c1-3-5-7-9-11-13-15-17-19-21-22-23-25-26-28-30-32-34-36-38-43(46)48-41-42(40-45)49-44(47)39-37-35-33-31-29-27-24-20-18-16-14-12-10-8-6-4-2/h5,7,11,13,17,19,22-23,26,28,42,45H,3-4,6,8-10,12,14-16,18,20-21,24-25,27,29-41H2,1-2H3/b7-5+,13-11+,19-17+,23-22+,28-26+/t42-/m0/s1. The molecule has 0 fully saturated rings. The molecule has 0 unspecified atom stereocenters. The summed E-state index contributed by atoms with van der Waals surface area (Å²) in [5.41, 5.74) is 0. The zero-order valence-corrected chi connectivity index (χ0v) is 31.9. The largest absolute Gasteiger partial charge is 0.462 e. The Hall–Kier alpha value is -2.40. The average Bonchev–Trinajstić information content (AvgIpc) is 3.10. The van der Waals surface area contributed by atoms with Gasteiger partial charge in [0.15, 0.2) is 6.10 Å². The van der Waals surface area contributed by atoms with Gasteiger partial charge in [0, 0.05) is 12.8 Å². The highest BCUT2D eigenvalue weighted by Gasteiger charge is 2.16. The third-order valence-electron chi connectivity index (χ3n) is 8.58. The van der Waals surface area contributed by atoms with Crippen molar-refractivity contribution in [3.8, 4) is 0 Å². The Labute approximate surface area is 302 Å². The molecular weight excluding hydrogens is 608 g/mol. The summed E-state index contributed by atoms with van der Waals surface area (Å²) < 4.78 is 10.6. The zero-order valence-electron chi connectivity index (χ0n) is 31.9. The number of aliphatic hydroxyl groups excluding tert-OH is 1. The summed E-state index contributed by atoms with van der Waals surface area (Å²) in [6, 6.07) is 0. The molecule has 0 spiro atoms. The van der Waals surface area contributed by atoms with Crippen LogP contribution in [-0.2, 0) is 19.1 Å². The van der Waals surface area contributed by atoms with Crippen LogP contribution in [0, 0.1) is 0 Å². The second-order valence-electron chi connectivity index (χ2n) is 13.3. The summed E-state index contributed by atoms with van der Waals surface area (Å²) in [7, 11) is 0. The minimum Gasteiger partial charge on any atom is -0.462 e. The number of aliphatic hydroxyl groups is 1. The molecule has 0 amide bonds. The fourth-order valence-electron chi connectivity index (χ4n) is 5.52. The number of hydrogen-bond donors (Lipinski definition) is 1. The van der Waals surface area contributed by atoms with Crippen LogP contribution in [0.5, 0.6) is 0 Å². The van der Waals surface area contributed by atoms with Gasteiger partial charge in [-0.3, -0.25) is 9.59 Å².